The van der Waals surface area contributed by atoms with Crippen LogP contribution in [-0.4, -0.2) is 73.5 Å². The summed E-state index contributed by atoms with van der Waals surface area (Å²) >= 11 is 0. The molecule has 2 saturated heterocycles. The van der Waals surface area contributed by atoms with Gasteiger partial charge in [0.25, 0.3) is 0 Å². The highest BCUT2D eigenvalue weighted by atomic mass is 16.5. The van der Waals surface area contributed by atoms with Crippen LogP contribution in [0.4, 0.5) is 5.95 Å². The van der Waals surface area contributed by atoms with Gasteiger partial charge in [-0.3, -0.25) is 0 Å². The number of anilines is 1. The van der Waals surface area contributed by atoms with Crippen molar-refractivity contribution in [3.05, 3.63) is 0 Å². The first-order valence-electron chi connectivity index (χ1n) is 11.6. The largest absolute Gasteiger partial charge is 0.460 e. The Morgan fingerprint density at radius 3 is 1.24 bits per heavy atom. The van der Waals surface area contributed by atoms with Crippen molar-refractivity contribution in [3.63, 3.8) is 0 Å². The van der Waals surface area contributed by atoms with Crippen molar-refractivity contribution in [2.75, 3.05) is 19.0 Å². The third-order valence-corrected chi connectivity index (χ3v) is 6.63. The summed E-state index contributed by atoms with van der Waals surface area (Å²) in [6.45, 7) is 15.4. The molecule has 0 amide bonds. The monoisotopic (exact) mass is 464 g/mol. The molecule has 0 saturated carbocycles. The van der Waals surface area contributed by atoms with Gasteiger partial charge in [-0.25, -0.2) is 0 Å². The Kier molecular flexibility index (Phi) is 6.65. The maximum Gasteiger partial charge on any atom is 0.324 e. The number of nitrogens with zero attached hydrogens (tertiary/aromatic N) is 6. The van der Waals surface area contributed by atoms with E-state index in [4.69, 9.17) is 9.47 Å². The van der Waals surface area contributed by atoms with E-state index in [1.54, 1.807) is 4.90 Å². The number of rotatable bonds is 5. The van der Waals surface area contributed by atoms with Crippen LogP contribution in [0.25, 0.3) is 0 Å². The molecular formula is C23H40N6O4. The van der Waals surface area contributed by atoms with E-state index in [2.05, 4.69) is 15.0 Å². The maximum atomic E-state index is 12.7. The molecule has 3 rings (SSSR count). The second-order valence-corrected chi connectivity index (χ2v) is 12.2. The highest BCUT2D eigenvalue weighted by molar-refractivity contribution is 5.29. The smallest absolute Gasteiger partial charge is 0.324 e. The summed E-state index contributed by atoms with van der Waals surface area (Å²) in [5.74, 6) is 0.426. The first-order valence-corrected chi connectivity index (χ1v) is 11.6. The zero-order chi connectivity index (χ0) is 25.0. The Labute approximate surface area is 197 Å². The zero-order valence-corrected chi connectivity index (χ0v) is 21.8. The number of hydroxylamine groups is 4. The lowest BCUT2D eigenvalue weighted by Crippen LogP contribution is -2.60. The molecule has 0 bridgehead atoms. The van der Waals surface area contributed by atoms with Crippen molar-refractivity contribution in [2.24, 2.45) is 0 Å². The van der Waals surface area contributed by atoms with Gasteiger partial charge in [0.1, 0.15) is 12.2 Å². The van der Waals surface area contributed by atoms with Gasteiger partial charge in [0.15, 0.2) is 0 Å². The lowest BCUT2D eigenvalue weighted by Gasteiger charge is -2.49. The van der Waals surface area contributed by atoms with Crippen LogP contribution in [0.15, 0.2) is 0 Å². The number of piperidine rings is 2. The predicted octanol–water partition coefficient (Wildman–Crippen LogP) is 3.43. The van der Waals surface area contributed by atoms with Gasteiger partial charge in [-0.05, 0) is 55.4 Å². The van der Waals surface area contributed by atoms with Crippen molar-refractivity contribution in [3.8, 4) is 12.0 Å². The van der Waals surface area contributed by atoms with E-state index in [0.29, 0.717) is 31.6 Å². The van der Waals surface area contributed by atoms with Crippen LogP contribution in [-0.2, 0) is 10.4 Å². The summed E-state index contributed by atoms with van der Waals surface area (Å²) in [5.41, 5.74) is -2.25. The molecule has 0 spiro atoms. The number of hydrogen-bond acceptors (Lipinski definition) is 8. The van der Waals surface area contributed by atoms with Gasteiger partial charge >= 0.3 is 12.0 Å². The molecule has 0 atom stereocenters. The molecule has 1 aromatic heterocycles. The maximum absolute atomic E-state index is 12.7. The molecule has 10 nitrogen and oxygen atoms in total. The molecule has 0 unspecified atom stereocenters. The van der Waals surface area contributed by atoms with E-state index >= 15 is 0 Å². The summed E-state index contributed by atoms with van der Waals surface area (Å²) < 4.78 is 12.4. The van der Waals surface area contributed by atoms with Crippen molar-refractivity contribution in [1.82, 2.24) is 25.1 Å². The number of aromatic nitrogens is 3. The minimum absolute atomic E-state index is 0.180. The molecule has 1 aromatic rings. The molecular weight excluding hydrogens is 424 g/mol. The molecule has 3 heterocycles. The fourth-order valence-corrected chi connectivity index (χ4v) is 5.44. The lowest BCUT2D eigenvalue weighted by atomic mass is 9.80. The molecule has 33 heavy (non-hydrogen) atoms. The molecule has 2 radical (unpaired) electrons. The van der Waals surface area contributed by atoms with Crippen LogP contribution < -0.4 is 14.4 Å². The highest BCUT2D eigenvalue weighted by Gasteiger charge is 2.48. The first kappa shape index (κ1) is 25.9. The predicted molar refractivity (Wildman–Crippen MR) is 123 cm³/mol. The van der Waals surface area contributed by atoms with Gasteiger partial charge in [0, 0.05) is 61.9 Å². The van der Waals surface area contributed by atoms with Crippen molar-refractivity contribution >= 4 is 5.95 Å². The summed E-state index contributed by atoms with van der Waals surface area (Å²) in [6.07, 6.45) is 1.80. The van der Waals surface area contributed by atoms with E-state index in [1.165, 1.54) is 10.1 Å². The summed E-state index contributed by atoms with van der Waals surface area (Å²) in [6, 6.07) is 0.360. The van der Waals surface area contributed by atoms with E-state index in [1.807, 2.05) is 69.5 Å². The molecule has 2 aliphatic rings. The van der Waals surface area contributed by atoms with Crippen LogP contribution in [0, 0.1) is 0 Å². The van der Waals surface area contributed by atoms with Gasteiger partial charge in [0.05, 0.1) is 0 Å². The zero-order valence-electron chi connectivity index (χ0n) is 21.8. The summed E-state index contributed by atoms with van der Waals surface area (Å²) in [4.78, 5) is 15.1. The van der Waals surface area contributed by atoms with Crippen LogP contribution >= 0.6 is 0 Å². The summed E-state index contributed by atoms with van der Waals surface area (Å²) in [7, 11) is 3.68. The standard InChI is InChI=1S/C23H40N6O4/c1-20(2)11-15(12-21(3,4)28(20)30)32-18-24-17(27(9)10)25-19(26-18)33-16-13-22(5,6)29(31)23(7,8)14-16/h15-16H,11-14H2,1-10H3. The normalized spacial score (nSPS) is 25.6. The molecule has 0 N–H and O–H groups in total. The highest BCUT2D eigenvalue weighted by Crippen LogP contribution is 2.40. The molecule has 186 valence electrons. The SMILES string of the molecule is CN(C)c1nc(OC2CC(C)(C)N([O])C(C)(C)C2)nc(OC2CC(C)(C)N([O])C(C)(C)C2)n1. The topological polar surface area (TPSA) is 107 Å². The third-order valence-electron chi connectivity index (χ3n) is 6.63. The second kappa shape index (κ2) is 8.48. The minimum Gasteiger partial charge on any atom is -0.460 e. The molecule has 0 aromatic carbocycles. The van der Waals surface area contributed by atoms with Crippen molar-refractivity contribution < 1.29 is 19.9 Å². The number of ether oxygens (including phenoxy) is 2. The fourth-order valence-electron chi connectivity index (χ4n) is 5.44. The van der Waals surface area contributed by atoms with Crippen molar-refractivity contribution in [2.45, 2.75) is 115 Å². The van der Waals surface area contributed by atoms with E-state index in [-0.39, 0.29) is 24.2 Å². The fraction of sp³-hybridized carbons (Fsp3) is 0.870. The molecule has 10 heteroatoms. The Morgan fingerprint density at radius 1 is 0.667 bits per heavy atom. The number of hydrogen-bond donors (Lipinski definition) is 0. The van der Waals surface area contributed by atoms with Gasteiger partial charge in [-0.2, -0.15) is 9.97 Å². The molecule has 2 aliphatic heterocycles. The third kappa shape index (κ3) is 5.50. The van der Waals surface area contributed by atoms with Crippen LogP contribution in [0.3, 0.4) is 0 Å². The Morgan fingerprint density at radius 2 is 0.970 bits per heavy atom. The Bertz CT molecular complexity index is 759. The Hall–Kier alpha value is -1.75. The van der Waals surface area contributed by atoms with E-state index in [9.17, 15) is 10.4 Å². The molecule has 2 fully saturated rings. The van der Waals surface area contributed by atoms with Crippen LogP contribution in [0.1, 0.15) is 81.1 Å². The summed E-state index contributed by atoms with van der Waals surface area (Å²) in [5, 5.41) is 27.7. The van der Waals surface area contributed by atoms with Crippen LogP contribution in [0.5, 0.6) is 12.0 Å². The van der Waals surface area contributed by atoms with E-state index < -0.39 is 22.2 Å². The quantitative estimate of drug-likeness (QED) is 0.652. The second-order valence-electron chi connectivity index (χ2n) is 12.2. The van der Waals surface area contributed by atoms with Gasteiger partial charge < -0.3 is 14.4 Å². The lowest BCUT2D eigenvalue weighted by molar-refractivity contribution is -0.297. The van der Waals surface area contributed by atoms with Gasteiger partial charge in [0.2, 0.25) is 5.95 Å². The Balaban J connectivity index is 1.83. The average Bonchev–Trinajstić information content (AvgIpc) is 2.63. The van der Waals surface area contributed by atoms with Crippen LogP contribution in [0.2, 0.25) is 0 Å². The first-order chi connectivity index (χ1) is 14.9. The van der Waals surface area contributed by atoms with Gasteiger partial charge in [-0.15, -0.1) is 25.5 Å². The average molecular weight is 465 g/mol. The van der Waals surface area contributed by atoms with E-state index in [0.717, 1.165) is 0 Å². The van der Waals surface area contributed by atoms with Crippen molar-refractivity contribution in [1.29, 1.82) is 0 Å². The van der Waals surface area contributed by atoms with Gasteiger partial charge in [-0.1, -0.05) is 0 Å². The molecule has 0 aliphatic carbocycles. The minimum atomic E-state index is -0.563.